The lowest BCUT2D eigenvalue weighted by Crippen LogP contribution is -2.11. The smallest absolute Gasteiger partial charge is 0.369 e. The predicted octanol–water partition coefficient (Wildman–Crippen LogP) is 4.38. The van der Waals surface area contributed by atoms with E-state index in [0.717, 1.165) is 23.6 Å². The van der Waals surface area contributed by atoms with Crippen LogP contribution in [0.1, 0.15) is 17.7 Å². The molecule has 2 heterocycles. The molecule has 0 atom stereocenters. The predicted molar refractivity (Wildman–Crippen MR) is 96.9 cm³/mol. The molecule has 0 aliphatic carbocycles. The van der Waals surface area contributed by atoms with Gasteiger partial charge >= 0.3 is 6.18 Å². The summed E-state index contributed by atoms with van der Waals surface area (Å²) in [4.78, 5) is 8.40. The van der Waals surface area contributed by atoms with Crippen molar-refractivity contribution in [3.63, 3.8) is 0 Å². The zero-order valence-electron chi connectivity index (χ0n) is 14.3. The summed E-state index contributed by atoms with van der Waals surface area (Å²) in [5.74, 6) is 0.507. The standard InChI is InChI=1S/C19H19F3N4/c1-12-3-5-13(6-4-12)15-11-16-14(18(26-15)24-10-2-9-23)7-8-17(25-16)19(20,21)22/h3-8,11H,2,9-10,23H2,1H3,(H,24,26). The molecule has 0 saturated heterocycles. The quantitative estimate of drug-likeness (QED) is 0.663. The summed E-state index contributed by atoms with van der Waals surface area (Å²) in [5, 5.41) is 3.70. The van der Waals surface area contributed by atoms with Crippen molar-refractivity contribution >= 4 is 16.7 Å². The number of anilines is 1. The van der Waals surface area contributed by atoms with Crippen LogP contribution >= 0.6 is 0 Å². The van der Waals surface area contributed by atoms with E-state index in [1.165, 1.54) is 6.07 Å². The number of nitrogens with zero attached hydrogens (tertiary/aromatic N) is 2. The Morgan fingerprint density at radius 1 is 1.04 bits per heavy atom. The molecule has 0 radical (unpaired) electrons. The molecule has 0 spiro atoms. The maximum Gasteiger partial charge on any atom is 0.433 e. The van der Waals surface area contributed by atoms with Crippen LogP contribution in [0.25, 0.3) is 22.2 Å². The average molecular weight is 360 g/mol. The summed E-state index contributed by atoms with van der Waals surface area (Å²) in [6.07, 6.45) is -3.76. The highest BCUT2D eigenvalue weighted by Crippen LogP contribution is 2.32. The number of hydrogen-bond acceptors (Lipinski definition) is 4. The first-order valence-corrected chi connectivity index (χ1v) is 8.28. The Labute approximate surface area is 149 Å². The lowest BCUT2D eigenvalue weighted by Gasteiger charge is -2.13. The van der Waals surface area contributed by atoms with Crippen molar-refractivity contribution in [2.45, 2.75) is 19.5 Å². The van der Waals surface area contributed by atoms with E-state index in [4.69, 9.17) is 5.73 Å². The highest BCUT2D eigenvalue weighted by Gasteiger charge is 2.32. The van der Waals surface area contributed by atoms with Crippen molar-refractivity contribution in [1.82, 2.24) is 9.97 Å². The van der Waals surface area contributed by atoms with Crippen molar-refractivity contribution < 1.29 is 13.2 Å². The Kier molecular flexibility index (Phi) is 5.08. The van der Waals surface area contributed by atoms with Crippen LogP contribution < -0.4 is 11.1 Å². The normalized spacial score (nSPS) is 11.7. The molecule has 0 unspecified atom stereocenters. The first-order chi connectivity index (χ1) is 12.4. The Hall–Kier alpha value is -2.67. The first-order valence-electron chi connectivity index (χ1n) is 8.28. The molecule has 0 bridgehead atoms. The molecular formula is C19H19F3N4. The molecule has 1 aromatic carbocycles. The van der Waals surface area contributed by atoms with Crippen molar-refractivity contribution in [1.29, 1.82) is 0 Å². The third kappa shape index (κ3) is 3.94. The van der Waals surface area contributed by atoms with Gasteiger partial charge in [0.1, 0.15) is 11.5 Å². The van der Waals surface area contributed by atoms with Gasteiger partial charge in [0.25, 0.3) is 0 Å². The second kappa shape index (κ2) is 7.29. The molecule has 0 saturated carbocycles. The summed E-state index contributed by atoms with van der Waals surface area (Å²) in [5.41, 5.74) is 7.32. The van der Waals surface area contributed by atoms with Crippen LogP contribution in [0.2, 0.25) is 0 Å². The molecule has 7 heteroatoms. The number of hydrogen-bond donors (Lipinski definition) is 2. The monoisotopic (exact) mass is 360 g/mol. The average Bonchev–Trinajstić information content (AvgIpc) is 2.61. The lowest BCUT2D eigenvalue weighted by atomic mass is 10.1. The number of halogens is 3. The topological polar surface area (TPSA) is 63.8 Å². The van der Waals surface area contributed by atoms with E-state index in [2.05, 4.69) is 15.3 Å². The highest BCUT2D eigenvalue weighted by atomic mass is 19.4. The molecule has 0 aliphatic heterocycles. The Morgan fingerprint density at radius 3 is 2.42 bits per heavy atom. The summed E-state index contributed by atoms with van der Waals surface area (Å²) in [6.45, 7) is 3.06. The van der Waals surface area contributed by atoms with Crippen molar-refractivity contribution in [2.24, 2.45) is 5.73 Å². The molecule has 136 valence electrons. The van der Waals surface area contributed by atoms with Crippen LogP contribution in [-0.4, -0.2) is 23.1 Å². The number of aromatic nitrogens is 2. The zero-order valence-corrected chi connectivity index (χ0v) is 14.3. The number of fused-ring (bicyclic) bond motifs is 1. The highest BCUT2D eigenvalue weighted by molar-refractivity contribution is 5.92. The molecule has 0 amide bonds. The van der Waals surface area contributed by atoms with Gasteiger partial charge in [-0.1, -0.05) is 29.8 Å². The summed E-state index contributed by atoms with van der Waals surface area (Å²) < 4.78 is 39.1. The van der Waals surface area contributed by atoms with Gasteiger partial charge in [0.2, 0.25) is 0 Å². The second-order valence-corrected chi connectivity index (χ2v) is 6.05. The molecule has 3 N–H and O–H groups in total. The Balaban J connectivity index is 2.13. The van der Waals surface area contributed by atoms with Gasteiger partial charge in [-0.15, -0.1) is 0 Å². The van der Waals surface area contributed by atoms with Crippen LogP contribution in [0.3, 0.4) is 0 Å². The number of rotatable bonds is 5. The Bertz CT molecular complexity index is 905. The number of pyridine rings is 2. The van der Waals surface area contributed by atoms with Crippen LogP contribution in [0.15, 0.2) is 42.5 Å². The van der Waals surface area contributed by atoms with Gasteiger partial charge in [-0.25, -0.2) is 9.97 Å². The van der Waals surface area contributed by atoms with Gasteiger partial charge in [0.05, 0.1) is 11.2 Å². The summed E-state index contributed by atoms with van der Waals surface area (Å²) >= 11 is 0. The molecule has 3 aromatic rings. The first kappa shape index (κ1) is 18.1. The fraction of sp³-hybridized carbons (Fsp3) is 0.263. The third-order valence-corrected chi connectivity index (χ3v) is 4.00. The van der Waals surface area contributed by atoms with E-state index in [9.17, 15) is 13.2 Å². The maximum absolute atomic E-state index is 13.0. The lowest BCUT2D eigenvalue weighted by molar-refractivity contribution is -0.140. The molecular weight excluding hydrogens is 341 g/mol. The van der Waals surface area contributed by atoms with E-state index in [0.29, 0.717) is 30.0 Å². The van der Waals surface area contributed by atoms with Crippen LogP contribution in [-0.2, 0) is 6.18 Å². The maximum atomic E-state index is 13.0. The summed E-state index contributed by atoms with van der Waals surface area (Å²) in [6, 6.07) is 11.6. The fourth-order valence-electron chi connectivity index (χ4n) is 2.60. The third-order valence-electron chi connectivity index (χ3n) is 4.00. The SMILES string of the molecule is Cc1ccc(-c2cc3nc(C(F)(F)F)ccc3c(NCCCN)n2)cc1. The minimum atomic E-state index is -4.49. The van der Waals surface area contributed by atoms with Gasteiger partial charge in [-0.05, 0) is 38.1 Å². The van der Waals surface area contributed by atoms with Crippen LogP contribution in [0, 0.1) is 6.92 Å². The van der Waals surface area contributed by atoms with Gasteiger partial charge in [0.15, 0.2) is 0 Å². The van der Waals surface area contributed by atoms with Crippen molar-refractivity contribution in [3.8, 4) is 11.3 Å². The fourth-order valence-corrected chi connectivity index (χ4v) is 2.60. The largest absolute Gasteiger partial charge is 0.433 e. The number of aryl methyl sites for hydroxylation is 1. The number of nitrogens with one attached hydrogen (secondary N) is 1. The van der Waals surface area contributed by atoms with Crippen molar-refractivity contribution in [3.05, 3.63) is 53.7 Å². The van der Waals surface area contributed by atoms with Gasteiger partial charge < -0.3 is 11.1 Å². The molecule has 0 aliphatic rings. The number of alkyl halides is 3. The van der Waals surface area contributed by atoms with E-state index < -0.39 is 11.9 Å². The molecule has 26 heavy (non-hydrogen) atoms. The molecule has 2 aromatic heterocycles. The van der Waals surface area contributed by atoms with E-state index in [1.807, 2.05) is 31.2 Å². The Morgan fingerprint density at radius 2 is 1.77 bits per heavy atom. The van der Waals surface area contributed by atoms with E-state index in [-0.39, 0.29) is 5.52 Å². The number of nitrogens with two attached hydrogens (primary N) is 1. The minimum Gasteiger partial charge on any atom is -0.369 e. The van der Waals surface area contributed by atoms with Crippen LogP contribution in [0.4, 0.5) is 19.0 Å². The van der Waals surface area contributed by atoms with Gasteiger partial charge in [-0.2, -0.15) is 13.2 Å². The van der Waals surface area contributed by atoms with Gasteiger partial charge in [0, 0.05) is 17.5 Å². The molecule has 3 rings (SSSR count). The summed E-state index contributed by atoms with van der Waals surface area (Å²) in [7, 11) is 0. The van der Waals surface area contributed by atoms with E-state index in [1.54, 1.807) is 6.07 Å². The molecule has 0 fully saturated rings. The van der Waals surface area contributed by atoms with Crippen LogP contribution in [0.5, 0.6) is 0 Å². The number of benzene rings is 1. The second-order valence-electron chi connectivity index (χ2n) is 6.05. The minimum absolute atomic E-state index is 0.251. The zero-order chi connectivity index (χ0) is 18.7. The van der Waals surface area contributed by atoms with E-state index >= 15 is 0 Å². The molecule has 4 nitrogen and oxygen atoms in total. The van der Waals surface area contributed by atoms with Crippen molar-refractivity contribution in [2.75, 3.05) is 18.4 Å². The van der Waals surface area contributed by atoms with Gasteiger partial charge in [-0.3, -0.25) is 0 Å².